The molecule has 0 aromatic carbocycles. The van der Waals surface area contributed by atoms with Crippen LogP contribution in [-0.4, -0.2) is 40.8 Å². The van der Waals surface area contributed by atoms with Gasteiger partial charge in [0.05, 0.1) is 12.7 Å². The van der Waals surface area contributed by atoms with E-state index >= 15 is 0 Å². The largest absolute Gasteiger partial charge is 0.414 e. The number of rotatable bonds is 10. The van der Waals surface area contributed by atoms with Gasteiger partial charge in [0.1, 0.15) is 0 Å². The summed E-state index contributed by atoms with van der Waals surface area (Å²) in [5.74, 6) is 0.612. The van der Waals surface area contributed by atoms with Crippen LogP contribution in [0.15, 0.2) is 21.7 Å². The molecule has 1 heterocycles. The Hall–Kier alpha value is 0.0569. The van der Waals surface area contributed by atoms with E-state index in [1.54, 1.807) is 7.11 Å². The Kier molecular flexibility index (Phi) is 10.7. The van der Waals surface area contributed by atoms with Crippen molar-refractivity contribution >= 4 is 24.2 Å². The summed E-state index contributed by atoms with van der Waals surface area (Å²) in [6, 6.07) is 0. The summed E-state index contributed by atoms with van der Waals surface area (Å²) >= 11 is 3.83. The van der Waals surface area contributed by atoms with E-state index in [9.17, 15) is 0 Å². The first kappa shape index (κ1) is 26.1. The fraction of sp³-hybridized carbons (Fsp3) is 0.826. The molecular formula is C23H43BrO3Si. The molecule has 3 nitrogen and oxygen atoms in total. The lowest BCUT2D eigenvalue weighted by Crippen LogP contribution is -2.43. The molecule has 1 saturated heterocycles. The van der Waals surface area contributed by atoms with Gasteiger partial charge >= 0.3 is 0 Å². The SMILES string of the molecule is COCCC/C(Br)=C1\COC(CC(C)C)\C1=C/CC(C)O[Si](C)(C)C(C)(C)C. The molecule has 5 heteroatoms. The van der Waals surface area contributed by atoms with Crippen LogP contribution in [0.25, 0.3) is 0 Å². The van der Waals surface area contributed by atoms with Crippen molar-refractivity contribution in [1.29, 1.82) is 0 Å². The molecule has 0 radical (unpaired) electrons. The Balaban J connectivity index is 2.94. The molecule has 2 atom stereocenters. The number of halogens is 1. The number of hydrogen-bond acceptors (Lipinski definition) is 3. The summed E-state index contributed by atoms with van der Waals surface area (Å²) in [6.45, 7) is 19.8. The quantitative estimate of drug-likeness (QED) is 0.246. The molecule has 0 aliphatic carbocycles. The highest BCUT2D eigenvalue weighted by Gasteiger charge is 2.38. The minimum Gasteiger partial charge on any atom is -0.414 e. The van der Waals surface area contributed by atoms with Crippen LogP contribution in [0.3, 0.4) is 0 Å². The van der Waals surface area contributed by atoms with Crippen molar-refractivity contribution in [2.45, 2.75) is 97.6 Å². The first-order valence-electron chi connectivity index (χ1n) is 10.7. The fourth-order valence-corrected chi connectivity index (χ4v) is 5.29. The normalized spacial score (nSPS) is 23.0. The van der Waals surface area contributed by atoms with Gasteiger partial charge in [-0.3, -0.25) is 0 Å². The second-order valence-corrected chi connectivity index (χ2v) is 15.7. The molecular weight excluding hydrogens is 432 g/mol. The highest BCUT2D eigenvalue weighted by atomic mass is 79.9. The summed E-state index contributed by atoms with van der Waals surface area (Å²) in [5, 5.41) is 0.237. The lowest BCUT2D eigenvalue weighted by atomic mass is 9.94. The molecule has 1 aliphatic rings. The van der Waals surface area contributed by atoms with E-state index in [1.807, 2.05) is 0 Å². The van der Waals surface area contributed by atoms with Gasteiger partial charge in [-0.15, -0.1) is 0 Å². The summed E-state index contributed by atoms with van der Waals surface area (Å²) in [6.07, 6.45) is 6.81. The van der Waals surface area contributed by atoms with Crippen LogP contribution >= 0.6 is 15.9 Å². The molecule has 1 aliphatic heterocycles. The van der Waals surface area contributed by atoms with E-state index < -0.39 is 8.32 Å². The average Bonchev–Trinajstić information content (AvgIpc) is 2.93. The van der Waals surface area contributed by atoms with Gasteiger partial charge in [-0.05, 0) is 67.8 Å². The predicted octanol–water partition coefficient (Wildman–Crippen LogP) is 7.23. The van der Waals surface area contributed by atoms with E-state index in [1.165, 1.54) is 15.6 Å². The van der Waals surface area contributed by atoms with Crippen molar-refractivity contribution in [2.75, 3.05) is 20.3 Å². The zero-order valence-corrected chi connectivity index (χ0v) is 22.2. The topological polar surface area (TPSA) is 27.7 Å². The molecule has 0 aromatic rings. The van der Waals surface area contributed by atoms with Crippen LogP contribution in [0.5, 0.6) is 0 Å². The van der Waals surface area contributed by atoms with Crippen LogP contribution in [0, 0.1) is 5.92 Å². The van der Waals surface area contributed by atoms with Crippen molar-refractivity contribution in [1.82, 2.24) is 0 Å². The average molecular weight is 476 g/mol. The highest BCUT2D eigenvalue weighted by molar-refractivity contribution is 9.11. The van der Waals surface area contributed by atoms with Gasteiger partial charge in [-0.25, -0.2) is 0 Å². The van der Waals surface area contributed by atoms with E-state index in [0.29, 0.717) is 12.5 Å². The molecule has 0 aromatic heterocycles. The van der Waals surface area contributed by atoms with Crippen molar-refractivity contribution in [3.8, 4) is 0 Å². The van der Waals surface area contributed by atoms with Gasteiger partial charge in [0, 0.05) is 24.3 Å². The molecule has 0 bridgehead atoms. The molecule has 0 saturated carbocycles. The maximum absolute atomic E-state index is 6.56. The van der Waals surface area contributed by atoms with E-state index in [4.69, 9.17) is 13.9 Å². The van der Waals surface area contributed by atoms with E-state index in [0.717, 1.165) is 32.3 Å². The first-order chi connectivity index (χ1) is 12.9. The van der Waals surface area contributed by atoms with Gasteiger partial charge in [0.15, 0.2) is 8.32 Å². The van der Waals surface area contributed by atoms with E-state index in [-0.39, 0.29) is 17.2 Å². The van der Waals surface area contributed by atoms with E-state index in [2.05, 4.69) is 76.6 Å². The standard InChI is InChI=1S/C23H43BrO3Si/c1-17(2)15-22-19(20(16-26-22)21(24)11-10-14-25-7)13-12-18(3)27-28(8,9)23(4,5)6/h13,17-18,22H,10-12,14-16H2,1-9H3/b19-13-,21-20-. The Morgan fingerprint density at radius 3 is 2.46 bits per heavy atom. The molecule has 1 rings (SSSR count). The lowest BCUT2D eigenvalue weighted by Gasteiger charge is -2.38. The Morgan fingerprint density at radius 2 is 1.93 bits per heavy atom. The molecule has 2 unspecified atom stereocenters. The molecule has 0 amide bonds. The smallest absolute Gasteiger partial charge is 0.192 e. The third-order valence-corrected chi connectivity index (χ3v) is 11.3. The third kappa shape index (κ3) is 8.06. The molecule has 28 heavy (non-hydrogen) atoms. The maximum Gasteiger partial charge on any atom is 0.192 e. The molecule has 1 fully saturated rings. The highest BCUT2D eigenvalue weighted by Crippen LogP contribution is 2.39. The molecule has 0 spiro atoms. The molecule has 164 valence electrons. The number of methoxy groups -OCH3 is 1. The Morgan fingerprint density at radius 1 is 1.29 bits per heavy atom. The van der Waals surface area contributed by atoms with Crippen LogP contribution in [0.2, 0.25) is 18.1 Å². The van der Waals surface area contributed by atoms with Gasteiger partial charge in [-0.1, -0.05) is 56.6 Å². The van der Waals surface area contributed by atoms with Crippen LogP contribution in [0.4, 0.5) is 0 Å². The van der Waals surface area contributed by atoms with Crippen molar-refractivity contribution in [3.63, 3.8) is 0 Å². The monoisotopic (exact) mass is 474 g/mol. The second-order valence-electron chi connectivity index (χ2n) is 9.99. The predicted molar refractivity (Wildman–Crippen MR) is 127 cm³/mol. The third-order valence-electron chi connectivity index (χ3n) is 5.85. The van der Waals surface area contributed by atoms with Crippen LogP contribution < -0.4 is 0 Å². The van der Waals surface area contributed by atoms with Gasteiger partial charge in [0.2, 0.25) is 0 Å². The Bertz CT molecular complexity index is 547. The maximum atomic E-state index is 6.56. The van der Waals surface area contributed by atoms with Crippen molar-refractivity contribution in [2.24, 2.45) is 5.92 Å². The Labute approximate surface area is 183 Å². The number of ether oxygens (including phenoxy) is 2. The minimum absolute atomic E-state index is 0.199. The number of hydrogen-bond donors (Lipinski definition) is 0. The van der Waals surface area contributed by atoms with Crippen molar-refractivity contribution < 1.29 is 13.9 Å². The zero-order valence-electron chi connectivity index (χ0n) is 19.7. The lowest BCUT2D eigenvalue weighted by molar-refractivity contribution is 0.112. The molecule has 0 N–H and O–H groups in total. The van der Waals surface area contributed by atoms with Crippen LogP contribution in [-0.2, 0) is 13.9 Å². The summed E-state index contributed by atoms with van der Waals surface area (Å²) < 4.78 is 19.2. The van der Waals surface area contributed by atoms with Crippen LogP contribution in [0.1, 0.15) is 67.2 Å². The first-order valence-corrected chi connectivity index (χ1v) is 14.5. The zero-order chi connectivity index (χ0) is 21.5. The summed E-state index contributed by atoms with van der Waals surface area (Å²) in [4.78, 5) is 0. The van der Waals surface area contributed by atoms with Gasteiger partial charge in [-0.2, -0.15) is 0 Å². The van der Waals surface area contributed by atoms with Gasteiger partial charge in [0.25, 0.3) is 0 Å². The van der Waals surface area contributed by atoms with Gasteiger partial charge < -0.3 is 13.9 Å². The summed E-state index contributed by atoms with van der Waals surface area (Å²) in [5.41, 5.74) is 2.70. The summed E-state index contributed by atoms with van der Waals surface area (Å²) in [7, 11) is 0.0132. The minimum atomic E-state index is -1.74. The van der Waals surface area contributed by atoms with Crippen molar-refractivity contribution in [3.05, 3.63) is 21.7 Å². The number of allylic oxidation sites excluding steroid dienone is 1. The fourth-order valence-electron chi connectivity index (χ4n) is 3.21. The second kappa shape index (κ2) is 11.4.